The fourth-order valence-electron chi connectivity index (χ4n) is 3.01. The van der Waals surface area contributed by atoms with Crippen molar-refractivity contribution in [1.29, 1.82) is 0 Å². The van der Waals surface area contributed by atoms with Crippen molar-refractivity contribution in [2.75, 3.05) is 0 Å². The standard InChI is InChI=1S/C19H28N/c1-4-7-10-15-13-16-14-20-18(12-9-6-3)19(16)17(15)11-8-5-2/h13H,4-12H2,1-3H3. The van der Waals surface area contributed by atoms with Crippen LogP contribution in [0.25, 0.3) is 0 Å². The average molecular weight is 270 g/mol. The summed E-state index contributed by atoms with van der Waals surface area (Å²) in [6.45, 7) is 6.80. The van der Waals surface area contributed by atoms with Gasteiger partial charge in [0.25, 0.3) is 0 Å². The lowest BCUT2D eigenvalue weighted by molar-refractivity contribution is 0.755. The van der Waals surface area contributed by atoms with E-state index in [0.29, 0.717) is 0 Å². The molecule has 1 nitrogen and oxygen atoms in total. The first-order valence-electron chi connectivity index (χ1n) is 8.46. The quantitative estimate of drug-likeness (QED) is 0.486. The molecule has 0 saturated heterocycles. The molecule has 1 heterocycles. The molecule has 2 rings (SSSR count). The molecule has 0 aromatic carbocycles. The van der Waals surface area contributed by atoms with Gasteiger partial charge in [-0.3, -0.25) is 0 Å². The third kappa shape index (κ3) is 3.31. The minimum absolute atomic E-state index is 1.12. The topological polar surface area (TPSA) is 12.4 Å². The number of fused-ring (bicyclic) bond motifs is 1. The Labute approximate surface area is 124 Å². The number of allylic oxidation sites excluding steroid dienone is 6. The van der Waals surface area contributed by atoms with Gasteiger partial charge in [0, 0.05) is 16.8 Å². The normalized spacial score (nSPS) is 17.2. The third-order valence-corrected chi connectivity index (χ3v) is 4.22. The Kier molecular flexibility index (Phi) is 5.82. The Morgan fingerprint density at radius 3 is 2.25 bits per heavy atom. The van der Waals surface area contributed by atoms with Gasteiger partial charge in [0.1, 0.15) is 0 Å². The second-order valence-corrected chi connectivity index (χ2v) is 5.92. The number of hydrogen-bond donors (Lipinski definition) is 0. The molecule has 0 aromatic heterocycles. The molecule has 0 amide bonds. The van der Waals surface area contributed by atoms with Crippen LogP contribution in [0.1, 0.15) is 78.6 Å². The van der Waals surface area contributed by atoms with Crippen molar-refractivity contribution in [2.45, 2.75) is 78.6 Å². The molecule has 0 fully saturated rings. The van der Waals surface area contributed by atoms with Crippen LogP contribution in [0.5, 0.6) is 0 Å². The predicted molar refractivity (Wildman–Crippen MR) is 88.1 cm³/mol. The molecule has 0 aromatic rings. The third-order valence-electron chi connectivity index (χ3n) is 4.22. The van der Waals surface area contributed by atoms with E-state index in [-0.39, 0.29) is 0 Å². The van der Waals surface area contributed by atoms with Gasteiger partial charge in [-0.15, -0.1) is 0 Å². The van der Waals surface area contributed by atoms with Crippen LogP contribution >= 0.6 is 0 Å². The number of hydrogen-bond acceptors (Lipinski definition) is 1. The summed E-state index contributed by atoms with van der Waals surface area (Å²) < 4.78 is 0. The van der Waals surface area contributed by atoms with Crippen LogP contribution in [-0.2, 0) is 0 Å². The van der Waals surface area contributed by atoms with E-state index in [1.54, 1.807) is 11.1 Å². The molecule has 20 heavy (non-hydrogen) atoms. The second kappa shape index (κ2) is 7.61. The maximum atomic E-state index is 4.56. The molecule has 0 atom stereocenters. The number of aliphatic imine (C=N–C) groups is 1. The van der Waals surface area contributed by atoms with Gasteiger partial charge >= 0.3 is 0 Å². The van der Waals surface area contributed by atoms with Gasteiger partial charge in [0.2, 0.25) is 0 Å². The van der Waals surface area contributed by atoms with Crippen molar-refractivity contribution in [3.63, 3.8) is 0 Å². The van der Waals surface area contributed by atoms with Crippen molar-refractivity contribution in [3.8, 4) is 0 Å². The van der Waals surface area contributed by atoms with Gasteiger partial charge in [0.15, 0.2) is 0 Å². The fraction of sp³-hybridized carbons (Fsp3) is 0.632. The highest BCUT2D eigenvalue weighted by molar-refractivity contribution is 5.94. The van der Waals surface area contributed by atoms with Crippen molar-refractivity contribution < 1.29 is 0 Å². The minimum Gasteiger partial charge on any atom is -0.250 e. The Balaban J connectivity index is 2.22. The first-order chi connectivity index (χ1) is 9.81. The maximum Gasteiger partial charge on any atom is 0.0975 e. The van der Waals surface area contributed by atoms with Gasteiger partial charge in [-0.2, -0.15) is 0 Å². The Morgan fingerprint density at radius 1 is 0.900 bits per heavy atom. The molecule has 0 N–H and O–H groups in total. The summed E-state index contributed by atoms with van der Waals surface area (Å²) in [5.74, 6) is 0. The summed E-state index contributed by atoms with van der Waals surface area (Å²) in [6.07, 6.45) is 16.8. The molecule has 0 unspecified atom stereocenters. The van der Waals surface area contributed by atoms with Gasteiger partial charge in [0.05, 0.1) is 6.21 Å². The molecule has 1 aliphatic carbocycles. The summed E-state index contributed by atoms with van der Waals surface area (Å²) >= 11 is 0. The smallest absolute Gasteiger partial charge is 0.0975 e. The zero-order valence-corrected chi connectivity index (χ0v) is 13.4. The van der Waals surface area contributed by atoms with Crippen LogP contribution in [0.15, 0.2) is 39.1 Å². The van der Waals surface area contributed by atoms with Crippen LogP contribution < -0.4 is 0 Å². The Morgan fingerprint density at radius 2 is 1.55 bits per heavy atom. The highest BCUT2D eigenvalue weighted by Gasteiger charge is 2.26. The molecular weight excluding hydrogens is 242 g/mol. The highest BCUT2D eigenvalue weighted by atomic mass is 14.8. The van der Waals surface area contributed by atoms with E-state index < -0.39 is 0 Å². The van der Waals surface area contributed by atoms with Crippen molar-refractivity contribution in [3.05, 3.63) is 34.1 Å². The zero-order valence-electron chi connectivity index (χ0n) is 13.4. The SMILES string of the molecule is CCCCC1=C(CCCC)C2=C(CCCC)N=[C]C2=C1. The van der Waals surface area contributed by atoms with E-state index in [0.717, 1.165) is 6.42 Å². The molecule has 2 aliphatic rings. The molecule has 1 aliphatic heterocycles. The fourth-order valence-corrected chi connectivity index (χ4v) is 3.01. The molecule has 0 bridgehead atoms. The molecular formula is C19H28N. The van der Waals surface area contributed by atoms with E-state index >= 15 is 0 Å². The van der Waals surface area contributed by atoms with Crippen LogP contribution in [0.3, 0.4) is 0 Å². The first-order valence-corrected chi connectivity index (χ1v) is 8.46. The highest BCUT2D eigenvalue weighted by Crippen LogP contribution is 2.41. The number of nitrogens with zero attached hydrogens (tertiary/aromatic N) is 1. The van der Waals surface area contributed by atoms with E-state index in [4.69, 9.17) is 0 Å². The van der Waals surface area contributed by atoms with E-state index in [1.807, 2.05) is 0 Å². The Bertz CT molecular complexity index is 460. The lowest BCUT2D eigenvalue weighted by Crippen LogP contribution is -1.93. The van der Waals surface area contributed by atoms with Crippen LogP contribution in [0.2, 0.25) is 0 Å². The lowest BCUT2D eigenvalue weighted by atomic mass is 9.94. The largest absolute Gasteiger partial charge is 0.250 e. The summed E-state index contributed by atoms with van der Waals surface area (Å²) in [5, 5.41) is 0. The van der Waals surface area contributed by atoms with Crippen LogP contribution in [0, 0.1) is 0 Å². The molecule has 0 saturated carbocycles. The van der Waals surface area contributed by atoms with Crippen LogP contribution in [-0.4, -0.2) is 6.21 Å². The summed E-state index contributed by atoms with van der Waals surface area (Å²) in [5.41, 5.74) is 7.19. The lowest BCUT2D eigenvalue weighted by Gasteiger charge is -2.11. The number of rotatable bonds is 9. The minimum atomic E-state index is 1.12. The zero-order chi connectivity index (χ0) is 14.4. The Hall–Kier alpha value is -1.11. The first kappa shape index (κ1) is 15.3. The van der Waals surface area contributed by atoms with Crippen molar-refractivity contribution in [1.82, 2.24) is 0 Å². The second-order valence-electron chi connectivity index (χ2n) is 5.92. The summed E-state index contributed by atoms with van der Waals surface area (Å²) in [4.78, 5) is 4.56. The van der Waals surface area contributed by atoms with E-state index in [2.05, 4.69) is 38.1 Å². The van der Waals surface area contributed by atoms with Gasteiger partial charge in [-0.05, 0) is 55.7 Å². The van der Waals surface area contributed by atoms with Crippen molar-refractivity contribution >= 4 is 6.21 Å². The molecule has 1 radical (unpaired) electrons. The molecule has 0 spiro atoms. The summed E-state index contributed by atoms with van der Waals surface area (Å²) in [7, 11) is 0. The summed E-state index contributed by atoms with van der Waals surface area (Å²) in [6, 6.07) is 0. The van der Waals surface area contributed by atoms with Gasteiger partial charge in [-0.1, -0.05) is 40.0 Å². The van der Waals surface area contributed by atoms with Crippen LogP contribution in [0.4, 0.5) is 0 Å². The van der Waals surface area contributed by atoms with E-state index in [1.165, 1.54) is 68.2 Å². The number of unbranched alkanes of at least 4 members (excludes halogenated alkanes) is 3. The molecule has 109 valence electrons. The van der Waals surface area contributed by atoms with Gasteiger partial charge < -0.3 is 0 Å². The molecule has 1 heteroatoms. The van der Waals surface area contributed by atoms with Crippen molar-refractivity contribution in [2.24, 2.45) is 4.99 Å². The predicted octanol–water partition coefficient (Wildman–Crippen LogP) is 6.01. The van der Waals surface area contributed by atoms with E-state index in [9.17, 15) is 0 Å². The average Bonchev–Trinajstić information content (AvgIpc) is 3.00. The monoisotopic (exact) mass is 270 g/mol. The van der Waals surface area contributed by atoms with Gasteiger partial charge in [-0.25, -0.2) is 4.99 Å². The maximum absolute atomic E-state index is 4.56.